The average Bonchev–Trinajstić information content (AvgIpc) is 2.39. The highest BCUT2D eigenvalue weighted by Crippen LogP contribution is 2.41. The summed E-state index contributed by atoms with van der Waals surface area (Å²) in [6.45, 7) is 1.28. The maximum Gasteiger partial charge on any atom is 0.408 e. The predicted octanol–water partition coefficient (Wildman–Crippen LogP) is 2.95. The smallest absolute Gasteiger partial charge is 0.314 e. The monoisotopic (exact) mass is 361 g/mol. The molecule has 1 aromatic carbocycles. The number of para-hydroxylation sites is 1. The minimum atomic E-state index is -4.55. The Morgan fingerprint density at radius 1 is 1.18 bits per heavy atom. The van der Waals surface area contributed by atoms with Crippen LogP contribution in [-0.4, -0.2) is 42.2 Å². The van der Waals surface area contributed by atoms with Gasteiger partial charge in [-0.1, -0.05) is 18.2 Å². The van der Waals surface area contributed by atoms with Crippen LogP contribution in [0.5, 0.6) is 0 Å². The van der Waals surface area contributed by atoms with E-state index in [9.17, 15) is 23.3 Å². The summed E-state index contributed by atoms with van der Waals surface area (Å²) in [5.74, 6) is 0. The molecule has 0 unspecified atom stereocenters. The second kappa shape index (κ2) is 8.52. The quantitative estimate of drug-likeness (QED) is 0.664. The maximum atomic E-state index is 13.3. The van der Waals surface area contributed by atoms with Crippen LogP contribution in [-0.2, 0) is 0 Å². The van der Waals surface area contributed by atoms with Gasteiger partial charge in [0.05, 0.1) is 10.5 Å². The molecule has 1 fully saturated rings. The van der Waals surface area contributed by atoms with Gasteiger partial charge in [0.25, 0.3) is 5.69 Å². The SMILES string of the molecule is Cl.Cl.O=[N+]([O-])c1ccccc1[C@H](N1CCNCC1)C(F)(F)F. The van der Waals surface area contributed by atoms with E-state index < -0.39 is 22.8 Å². The first-order valence-corrected chi connectivity index (χ1v) is 6.16. The number of benzene rings is 1. The number of nitro groups is 1. The molecule has 0 spiro atoms. The number of halogens is 5. The highest BCUT2D eigenvalue weighted by atomic mass is 35.5. The van der Waals surface area contributed by atoms with E-state index in [0.29, 0.717) is 13.1 Å². The number of rotatable bonds is 3. The Morgan fingerprint density at radius 3 is 2.23 bits per heavy atom. The van der Waals surface area contributed by atoms with Gasteiger partial charge in [0, 0.05) is 32.2 Å². The van der Waals surface area contributed by atoms with Gasteiger partial charge in [-0.05, 0) is 0 Å². The Balaban J connectivity index is 0.00000220. The lowest BCUT2D eigenvalue weighted by molar-refractivity contribution is -0.386. The molecule has 1 saturated heterocycles. The van der Waals surface area contributed by atoms with Gasteiger partial charge in [0.1, 0.15) is 6.04 Å². The highest BCUT2D eigenvalue weighted by molar-refractivity contribution is 5.85. The molecule has 126 valence electrons. The van der Waals surface area contributed by atoms with Gasteiger partial charge < -0.3 is 5.32 Å². The molecule has 0 aromatic heterocycles. The third-order valence-electron chi connectivity index (χ3n) is 3.25. The zero-order chi connectivity index (χ0) is 14.8. The standard InChI is InChI=1S/C12H14F3N3O2.2ClH/c13-12(14,15)11(17-7-5-16-6-8-17)9-3-1-2-4-10(9)18(19)20;;/h1-4,11,16H,5-8H2;2*1H/t11-;;/m0../s1. The molecular formula is C12H16Cl2F3N3O2. The molecule has 1 atom stereocenters. The van der Waals surface area contributed by atoms with Crippen molar-refractivity contribution in [2.75, 3.05) is 26.2 Å². The Labute approximate surface area is 137 Å². The molecule has 22 heavy (non-hydrogen) atoms. The molecule has 0 radical (unpaired) electrons. The van der Waals surface area contributed by atoms with Crippen molar-refractivity contribution in [2.45, 2.75) is 12.2 Å². The van der Waals surface area contributed by atoms with Crippen molar-refractivity contribution in [3.05, 3.63) is 39.9 Å². The van der Waals surface area contributed by atoms with Crippen LogP contribution in [0.2, 0.25) is 0 Å². The van der Waals surface area contributed by atoms with E-state index in [1.807, 2.05) is 0 Å². The van der Waals surface area contributed by atoms with Crippen molar-refractivity contribution in [3.8, 4) is 0 Å². The molecule has 1 aromatic rings. The van der Waals surface area contributed by atoms with Crippen LogP contribution in [0.1, 0.15) is 11.6 Å². The second-order valence-electron chi connectivity index (χ2n) is 4.55. The van der Waals surface area contributed by atoms with Gasteiger partial charge in [-0.15, -0.1) is 24.8 Å². The Morgan fingerprint density at radius 2 is 1.73 bits per heavy atom. The van der Waals surface area contributed by atoms with Crippen molar-refractivity contribution in [1.29, 1.82) is 0 Å². The van der Waals surface area contributed by atoms with Gasteiger partial charge in [0.2, 0.25) is 0 Å². The van der Waals surface area contributed by atoms with Crippen LogP contribution < -0.4 is 5.32 Å². The molecule has 0 aliphatic carbocycles. The molecule has 0 bridgehead atoms. The summed E-state index contributed by atoms with van der Waals surface area (Å²) >= 11 is 0. The third kappa shape index (κ3) is 4.70. The van der Waals surface area contributed by atoms with Gasteiger partial charge in [-0.3, -0.25) is 15.0 Å². The molecule has 1 heterocycles. The first kappa shape index (κ1) is 20.9. The highest BCUT2D eigenvalue weighted by Gasteiger charge is 2.47. The van der Waals surface area contributed by atoms with Crippen molar-refractivity contribution >= 4 is 30.5 Å². The number of nitrogens with one attached hydrogen (secondary N) is 1. The summed E-state index contributed by atoms with van der Waals surface area (Å²) in [7, 11) is 0. The molecule has 1 aliphatic heterocycles. The summed E-state index contributed by atoms with van der Waals surface area (Å²) in [4.78, 5) is 11.4. The molecule has 5 nitrogen and oxygen atoms in total. The van der Waals surface area contributed by atoms with E-state index in [0.717, 1.165) is 6.07 Å². The van der Waals surface area contributed by atoms with Crippen molar-refractivity contribution in [2.24, 2.45) is 0 Å². The summed E-state index contributed by atoms with van der Waals surface area (Å²) < 4.78 is 40.0. The molecule has 2 rings (SSSR count). The number of nitro benzene ring substituents is 1. The van der Waals surface area contributed by atoms with Gasteiger partial charge in [-0.25, -0.2) is 0 Å². The fourth-order valence-electron chi connectivity index (χ4n) is 2.41. The largest absolute Gasteiger partial charge is 0.408 e. The fraction of sp³-hybridized carbons (Fsp3) is 0.500. The van der Waals surface area contributed by atoms with Crippen LogP contribution in [0.25, 0.3) is 0 Å². The summed E-state index contributed by atoms with van der Waals surface area (Å²) in [5.41, 5.74) is -0.791. The van der Waals surface area contributed by atoms with Crippen LogP contribution in [0.3, 0.4) is 0 Å². The predicted molar refractivity (Wildman–Crippen MR) is 80.8 cm³/mol. The number of nitrogens with zero attached hydrogens (tertiary/aromatic N) is 2. The topological polar surface area (TPSA) is 58.4 Å². The molecule has 0 saturated carbocycles. The summed E-state index contributed by atoms with van der Waals surface area (Å²) in [6.07, 6.45) is -4.55. The lowest BCUT2D eigenvalue weighted by Crippen LogP contribution is -2.49. The van der Waals surface area contributed by atoms with E-state index >= 15 is 0 Å². The van der Waals surface area contributed by atoms with E-state index in [2.05, 4.69) is 5.32 Å². The number of alkyl halides is 3. The number of hydrogen-bond donors (Lipinski definition) is 1. The van der Waals surface area contributed by atoms with Crippen LogP contribution >= 0.6 is 24.8 Å². The summed E-state index contributed by atoms with van der Waals surface area (Å²) in [5, 5.41) is 13.9. The molecule has 0 amide bonds. The lowest BCUT2D eigenvalue weighted by atomic mass is 10.0. The zero-order valence-electron chi connectivity index (χ0n) is 11.4. The molecule has 1 aliphatic rings. The maximum absolute atomic E-state index is 13.3. The van der Waals surface area contributed by atoms with E-state index in [-0.39, 0.29) is 43.5 Å². The summed E-state index contributed by atoms with van der Waals surface area (Å²) in [6, 6.07) is 3.11. The van der Waals surface area contributed by atoms with E-state index in [1.165, 1.54) is 23.1 Å². The minimum absolute atomic E-state index is 0. The zero-order valence-corrected chi connectivity index (χ0v) is 13.0. The first-order valence-electron chi connectivity index (χ1n) is 6.16. The van der Waals surface area contributed by atoms with Gasteiger partial charge in [-0.2, -0.15) is 13.2 Å². The second-order valence-corrected chi connectivity index (χ2v) is 4.55. The van der Waals surface area contributed by atoms with Gasteiger partial charge >= 0.3 is 6.18 Å². The fourth-order valence-corrected chi connectivity index (χ4v) is 2.41. The number of piperazine rings is 1. The van der Waals surface area contributed by atoms with E-state index in [4.69, 9.17) is 0 Å². The first-order chi connectivity index (χ1) is 9.41. The van der Waals surface area contributed by atoms with Crippen molar-refractivity contribution < 1.29 is 18.1 Å². The molecular weight excluding hydrogens is 346 g/mol. The minimum Gasteiger partial charge on any atom is -0.314 e. The Hall–Kier alpha value is -1.09. The Kier molecular flexibility index (Phi) is 8.10. The van der Waals surface area contributed by atoms with E-state index in [1.54, 1.807) is 0 Å². The molecule has 10 heteroatoms. The average molecular weight is 362 g/mol. The third-order valence-corrected chi connectivity index (χ3v) is 3.25. The Bertz CT molecular complexity index is 497. The number of hydrogen-bond acceptors (Lipinski definition) is 4. The van der Waals surface area contributed by atoms with Gasteiger partial charge in [0.15, 0.2) is 0 Å². The van der Waals surface area contributed by atoms with Crippen LogP contribution in [0.4, 0.5) is 18.9 Å². The van der Waals surface area contributed by atoms with Crippen molar-refractivity contribution in [1.82, 2.24) is 10.2 Å². The molecule has 1 N–H and O–H groups in total. The normalized spacial score (nSPS) is 17.0. The van der Waals surface area contributed by atoms with Crippen molar-refractivity contribution in [3.63, 3.8) is 0 Å². The van der Waals surface area contributed by atoms with Crippen LogP contribution in [0.15, 0.2) is 24.3 Å². The van der Waals surface area contributed by atoms with Crippen LogP contribution in [0, 0.1) is 10.1 Å². The lowest BCUT2D eigenvalue weighted by Gasteiger charge is -2.35.